The van der Waals surface area contributed by atoms with Crippen molar-refractivity contribution in [2.45, 2.75) is 58.2 Å². The van der Waals surface area contributed by atoms with Gasteiger partial charge < -0.3 is 9.64 Å². The van der Waals surface area contributed by atoms with Crippen molar-refractivity contribution < 1.29 is 22.7 Å². The zero-order valence-electron chi connectivity index (χ0n) is 15.0. The summed E-state index contributed by atoms with van der Waals surface area (Å²) in [5.41, 5.74) is -0.305. The Labute approximate surface area is 147 Å². The summed E-state index contributed by atoms with van der Waals surface area (Å²) in [6.07, 6.45) is -1.19. The van der Waals surface area contributed by atoms with Crippen LogP contribution < -0.4 is 4.90 Å². The second kappa shape index (κ2) is 7.67. The second-order valence-electron chi connectivity index (χ2n) is 7.62. The van der Waals surface area contributed by atoms with Gasteiger partial charge in [-0.1, -0.05) is 0 Å². The molecule has 1 aliphatic heterocycles. The van der Waals surface area contributed by atoms with Gasteiger partial charge in [0, 0.05) is 25.2 Å². The van der Waals surface area contributed by atoms with Crippen LogP contribution in [-0.4, -0.2) is 24.7 Å². The molecule has 1 saturated heterocycles. The summed E-state index contributed by atoms with van der Waals surface area (Å²) in [6, 6.07) is 5.30. The largest absolute Gasteiger partial charge is 0.460 e. The molecule has 0 amide bonds. The maximum atomic E-state index is 12.7. The van der Waals surface area contributed by atoms with Crippen LogP contribution in [0.1, 0.15) is 52.0 Å². The molecule has 0 bridgehead atoms. The van der Waals surface area contributed by atoms with E-state index in [0.717, 1.165) is 50.2 Å². The van der Waals surface area contributed by atoms with Crippen molar-refractivity contribution in [1.29, 1.82) is 0 Å². The molecule has 6 heteroatoms. The molecule has 140 valence electrons. The Balaban J connectivity index is 1.89. The molecule has 1 heterocycles. The number of rotatable bonds is 4. The first-order valence-electron chi connectivity index (χ1n) is 8.69. The number of hydrogen-bond donors (Lipinski definition) is 0. The molecule has 1 fully saturated rings. The molecule has 0 aliphatic carbocycles. The van der Waals surface area contributed by atoms with E-state index in [9.17, 15) is 18.0 Å². The fourth-order valence-corrected chi connectivity index (χ4v) is 3.11. The number of alkyl halides is 3. The van der Waals surface area contributed by atoms with Gasteiger partial charge in [0.05, 0.1) is 5.56 Å². The Morgan fingerprint density at radius 3 is 2.40 bits per heavy atom. The van der Waals surface area contributed by atoms with Crippen molar-refractivity contribution in [3.63, 3.8) is 0 Å². The lowest BCUT2D eigenvalue weighted by Crippen LogP contribution is -2.35. The number of carbonyl (C=O) groups excluding carboxylic acids is 1. The number of benzene rings is 1. The van der Waals surface area contributed by atoms with E-state index in [0.29, 0.717) is 12.3 Å². The number of hydrogen-bond acceptors (Lipinski definition) is 3. The number of anilines is 1. The lowest BCUT2D eigenvalue weighted by atomic mass is 9.93. The molecular formula is C19H26F3NO2. The average Bonchev–Trinajstić information content (AvgIpc) is 2.51. The maximum Gasteiger partial charge on any atom is 0.416 e. The number of halogens is 3. The minimum Gasteiger partial charge on any atom is -0.460 e. The molecule has 25 heavy (non-hydrogen) atoms. The molecule has 1 aliphatic rings. The van der Waals surface area contributed by atoms with Crippen LogP contribution in [0.15, 0.2) is 24.3 Å². The van der Waals surface area contributed by atoms with E-state index in [2.05, 4.69) is 4.90 Å². The van der Waals surface area contributed by atoms with E-state index in [4.69, 9.17) is 4.74 Å². The number of ether oxygens (including phenoxy) is 1. The van der Waals surface area contributed by atoms with Gasteiger partial charge in [0.25, 0.3) is 0 Å². The van der Waals surface area contributed by atoms with Crippen molar-refractivity contribution in [2.24, 2.45) is 5.92 Å². The fraction of sp³-hybridized carbons (Fsp3) is 0.632. The molecule has 0 spiro atoms. The summed E-state index contributed by atoms with van der Waals surface area (Å²) in [7, 11) is 0. The third-order valence-corrected chi connectivity index (χ3v) is 4.26. The van der Waals surface area contributed by atoms with E-state index < -0.39 is 17.3 Å². The third kappa shape index (κ3) is 6.25. The van der Waals surface area contributed by atoms with Gasteiger partial charge in [0.1, 0.15) is 5.60 Å². The van der Waals surface area contributed by atoms with Crippen LogP contribution in [0.5, 0.6) is 0 Å². The Morgan fingerprint density at radius 1 is 1.20 bits per heavy atom. The monoisotopic (exact) mass is 357 g/mol. The zero-order valence-corrected chi connectivity index (χ0v) is 15.0. The van der Waals surface area contributed by atoms with Crippen molar-refractivity contribution in [3.05, 3.63) is 29.8 Å². The highest BCUT2D eigenvalue weighted by molar-refractivity contribution is 5.69. The van der Waals surface area contributed by atoms with E-state index in [1.807, 2.05) is 20.8 Å². The quantitative estimate of drug-likeness (QED) is 0.707. The van der Waals surface area contributed by atoms with Crippen LogP contribution in [0, 0.1) is 5.92 Å². The first-order chi connectivity index (χ1) is 11.5. The molecule has 3 nitrogen and oxygen atoms in total. The number of esters is 1. The highest BCUT2D eigenvalue weighted by Crippen LogP contribution is 2.32. The van der Waals surface area contributed by atoms with Gasteiger partial charge in [-0.15, -0.1) is 0 Å². The Hall–Kier alpha value is -1.72. The first-order valence-corrected chi connectivity index (χ1v) is 8.69. The molecule has 1 atom stereocenters. The second-order valence-corrected chi connectivity index (χ2v) is 7.62. The van der Waals surface area contributed by atoms with Crippen LogP contribution in [-0.2, 0) is 15.7 Å². The molecule has 1 aromatic rings. The summed E-state index contributed by atoms with van der Waals surface area (Å²) >= 11 is 0. The summed E-state index contributed by atoms with van der Waals surface area (Å²) in [5, 5.41) is 0. The van der Waals surface area contributed by atoms with Gasteiger partial charge in [0.2, 0.25) is 0 Å². The molecular weight excluding hydrogens is 331 g/mol. The van der Waals surface area contributed by atoms with Crippen molar-refractivity contribution in [2.75, 3.05) is 18.0 Å². The molecule has 2 rings (SSSR count). The van der Waals surface area contributed by atoms with Crippen LogP contribution in [0.25, 0.3) is 0 Å². The highest BCUT2D eigenvalue weighted by atomic mass is 19.4. The Kier molecular flexibility index (Phi) is 6.01. The van der Waals surface area contributed by atoms with E-state index in [1.165, 1.54) is 12.1 Å². The number of nitrogens with zero attached hydrogens (tertiary/aromatic N) is 1. The lowest BCUT2D eigenvalue weighted by Gasteiger charge is -2.34. The summed E-state index contributed by atoms with van der Waals surface area (Å²) < 4.78 is 43.3. The van der Waals surface area contributed by atoms with E-state index >= 15 is 0 Å². The molecule has 0 N–H and O–H groups in total. The summed E-state index contributed by atoms with van der Waals surface area (Å²) in [5.74, 6) is 0.155. The van der Waals surface area contributed by atoms with Crippen LogP contribution in [0.2, 0.25) is 0 Å². The van der Waals surface area contributed by atoms with Gasteiger partial charge in [-0.25, -0.2) is 0 Å². The first kappa shape index (κ1) is 19.6. The van der Waals surface area contributed by atoms with Crippen LogP contribution in [0.4, 0.5) is 18.9 Å². The van der Waals surface area contributed by atoms with Crippen LogP contribution >= 0.6 is 0 Å². The van der Waals surface area contributed by atoms with E-state index in [1.54, 1.807) is 0 Å². The maximum absolute atomic E-state index is 12.7. The SMILES string of the molecule is CC(C)(C)OC(=O)CCC1CCCN(c2ccc(C(F)(F)F)cc2)C1. The normalized spacial score (nSPS) is 19.0. The van der Waals surface area contributed by atoms with Gasteiger partial charge in [-0.05, 0) is 70.2 Å². The lowest BCUT2D eigenvalue weighted by molar-refractivity contribution is -0.155. The van der Waals surface area contributed by atoms with Gasteiger partial charge >= 0.3 is 12.1 Å². The third-order valence-electron chi connectivity index (χ3n) is 4.26. The molecule has 1 aromatic carbocycles. The predicted octanol–water partition coefficient (Wildman–Crippen LogP) is 5.04. The Morgan fingerprint density at radius 2 is 1.84 bits per heavy atom. The van der Waals surface area contributed by atoms with Crippen molar-refractivity contribution in [3.8, 4) is 0 Å². The smallest absolute Gasteiger partial charge is 0.416 e. The van der Waals surface area contributed by atoms with Gasteiger partial charge in [0.15, 0.2) is 0 Å². The highest BCUT2D eigenvalue weighted by Gasteiger charge is 2.30. The summed E-state index contributed by atoms with van der Waals surface area (Å²) in [6.45, 7) is 7.12. The Bertz CT molecular complexity index is 576. The average molecular weight is 357 g/mol. The molecule has 0 radical (unpaired) electrons. The van der Waals surface area contributed by atoms with Crippen molar-refractivity contribution in [1.82, 2.24) is 0 Å². The van der Waals surface area contributed by atoms with Gasteiger partial charge in [-0.3, -0.25) is 4.79 Å². The van der Waals surface area contributed by atoms with Crippen molar-refractivity contribution >= 4 is 11.7 Å². The topological polar surface area (TPSA) is 29.5 Å². The minimum atomic E-state index is -4.31. The van der Waals surface area contributed by atoms with Gasteiger partial charge in [-0.2, -0.15) is 13.2 Å². The molecule has 1 unspecified atom stereocenters. The zero-order chi connectivity index (χ0) is 18.7. The van der Waals surface area contributed by atoms with Crippen LogP contribution in [0.3, 0.4) is 0 Å². The fourth-order valence-electron chi connectivity index (χ4n) is 3.11. The molecule has 0 saturated carbocycles. The molecule has 0 aromatic heterocycles. The standard InChI is InChI=1S/C19H26F3NO2/c1-18(2,3)25-17(24)11-6-14-5-4-12-23(13-14)16-9-7-15(8-10-16)19(20,21)22/h7-10,14H,4-6,11-13H2,1-3H3. The predicted molar refractivity (Wildman–Crippen MR) is 91.5 cm³/mol. The van der Waals surface area contributed by atoms with E-state index in [-0.39, 0.29) is 5.97 Å². The number of piperidine rings is 1. The summed E-state index contributed by atoms with van der Waals surface area (Å²) in [4.78, 5) is 13.9. The number of carbonyl (C=O) groups is 1. The minimum absolute atomic E-state index is 0.195.